The lowest BCUT2D eigenvalue weighted by atomic mass is 9.96. The van der Waals surface area contributed by atoms with Crippen LogP contribution in [0.3, 0.4) is 0 Å². The minimum Gasteiger partial charge on any atom is -0.369 e. The number of hydrazone groups is 1. The normalized spacial score (nSPS) is 29.9. The van der Waals surface area contributed by atoms with Crippen LogP contribution in [0.1, 0.15) is 26.2 Å². The zero-order chi connectivity index (χ0) is 13.0. The minimum atomic E-state index is -0.931. The molecule has 1 saturated carbocycles. The number of anilines is 1. The van der Waals surface area contributed by atoms with Crippen LogP contribution < -0.4 is 5.01 Å². The van der Waals surface area contributed by atoms with Crippen LogP contribution in [0.25, 0.3) is 10.2 Å². The van der Waals surface area contributed by atoms with Crippen LogP contribution in [0.5, 0.6) is 0 Å². The highest BCUT2D eigenvalue weighted by Gasteiger charge is 2.49. The van der Waals surface area contributed by atoms with E-state index in [1.54, 1.807) is 16.3 Å². The van der Waals surface area contributed by atoms with Crippen molar-refractivity contribution in [3.05, 3.63) is 24.3 Å². The molecule has 0 radical (unpaired) electrons. The largest absolute Gasteiger partial charge is 0.369 e. The fourth-order valence-corrected chi connectivity index (χ4v) is 4.12. The van der Waals surface area contributed by atoms with E-state index in [0.29, 0.717) is 0 Å². The van der Waals surface area contributed by atoms with Crippen LogP contribution in [-0.2, 0) is 0 Å². The smallest absolute Gasteiger partial charge is 0.209 e. The maximum Gasteiger partial charge on any atom is 0.209 e. The molecule has 0 unspecified atom stereocenters. The quantitative estimate of drug-likeness (QED) is 0.869. The van der Waals surface area contributed by atoms with Gasteiger partial charge in [-0.3, -0.25) is 0 Å². The average Bonchev–Trinajstić information content (AvgIpc) is 3.05. The third-order valence-electron chi connectivity index (χ3n) is 4.11. The summed E-state index contributed by atoms with van der Waals surface area (Å²) in [5, 5.41) is 17.9. The third kappa shape index (κ3) is 1.55. The molecule has 2 aliphatic rings. The van der Waals surface area contributed by atoms with E-state index in [-0.39, 0.29) is 5.92 Å². The summed E-state index contributed by atoms with van der Waals surface area (Å²) in [4.78, 5) is 4.59. The van der Waals surface area contributed by atoms with Gasteiger partial charge in [0.2, 0.25) is 5.13 Å². The van der Waals surface area contributed by atoms with Gasteiger partial charge >= 0.3 is 0 Å². The first-order valence-corrected chi connectivity index (χ1v) is 7.43. The minimum absolute atomic E-state index is 0.166. The standard InChI is InChI=1S/C14H15N3OS/c1-14(18)9-5-4-7-10(9)16-17(14)13-15-11-6-2-3-8-12(11)19-13/h2-3,6,8-9,18H,4-5,7H2,1H3/t9-,14+/m1/s1. The maximum absolute atomic E-state index is 10.8. The number of hydrogen-bond acceptors (Lipinski definition) is 5. The summed E-state index contributed by atoms with van der Waals surface area (Å²) in [6, 6.07) is 8.03. The number of para-hydroxylation sites is 1. The summed E-state index contributed by atoms with van der Waals surface area (Å²) in [5.74, 6) is 0.166. The second kappa shape index (κ2) is 3.77. The summed E-state index contributed by atoms with van der Waals surface area (Å²) < 4.78 is 1.13. The summed E-state index contributed by atoms with van der Waals surface area (Å²) in [5.41, 5.74) is 1.17. The first-order chi connectivity index (χ1) is 9.16. The molecular weight excluding hydrogens is 258 g/mol. The molecule has 1 aromatic heterocycles. The van der Waals surface area contributed by atoms with Crippen LogP contribution in [0.15, 0.2) is 29.4 Å². The van der Waals surface area contributed by atoms with Gasteiger partial charge in [-0.2, -0.15) is 5.10 Å². The molecule has 0 saturated heterocycles. The lowest BCUT2D eigenvalue weighted by Gasteiger charge is -2.31. The molecule has 1 aliphatic carbocycles. The molecule has 5 heteroatoms. The Labute approximate surface area is 115 Å². The molecule has 4 nitrogen and oxygen atoms in total. The molecule has 98 valence electrons. The molecule has 1 aromatic carbocycles. The second-order valence-electron chi connectivity index (χ2n) is 5.41. The van der Waals surface area contributed by atoms with Crippen molar-refractivity contribution in [3.8, 4) is 0 Å². The molecule has 1 aliphatic heterocycles. The van der Waals surface area contributed by atoms with Crippen LogP contribution in [0, 0.1) is 5.92 Å². The van der Waals surface area contributed by atoms with E-state index >= 15 is 0 Å². The fraction of sp³-hybridized carbons (Fsp3) is 0.429. The highest BCUT2D eigenvalue weighted by Crippen LogP contribution is 2.44. The lowest BCUT2D eigenvalue weighted by Crippen LogP contribution is -2.45. The Morgan fingerprint density at radius 3 is 3.05 bits per heavy atom. The van der Waals surface area contributed by atoms with E-state index in [2.05, 4.69) is 16.2 Å². The third-order valence-corrected chi connectivity index (χ3v) is 5.12. The van der Waals surface area contributed by atoms with Crippen molar-refractivity contribution in [1.82, 2.24) is 4.98 Å². The van der Waals surface area contributed by atoms with E-state index in [9.17, 15) is 5.11 Å². The summed E-state index contributed by atoms with van der Waals surface area (Å²) in [7, 11) is 0. The van der Waals surface area contributed by atoms with Crippen LogP contribution in [-0.4, -0.2) is 21.5 Å². The molecule has 1 fully saturated rings. The van der Waals surface area contributed by atoms with Gasteiger partial charge in [0.15, 0.2) is 5.72 Å². The Morgan fingerprint density at radius 2 is 2.26 bits per heavy atom. The number of hydrogen-bond donors (Lipinski definition) is 1. The van der Waals surface area contributed by atoms with E-state index in [4.69, 9.17) is 0 Å². The van der Waals surface area contributed by atoms with Crippen molar-refractivity contribution in [2.75, 3.05) is 5.01 Å². The number of aliphatic hydroxyl groups is 1. The zero-order valence-corrected chi connectivity index (χ0v) is 11.5. The lowest BCUT2D eigenvalue weighted by molar-refractivity contribution is 0.0323. The topological polar surface area (TPSA) is 48.7 Å². The first kappa shape index (κ1) is 11.4. The monoisotopic (exact) mass is 273 g/mol. The Bertz CT molecular complexity index is 643. The van der Waals surface area contributed by atoms with Crippen LogP contribution >= 0.6 is 11.3 Å². The predicted molar refractivity (Wildman–Crippen MR) is 77.5 cm³/mol. The van der Waals surface area contributed by atoms with Gasteiger partial charge in [0.05, 0.1) is 10.2 Å². The summed E-state index contributed by atoms with van der Waals surface area (Å²) >= 11 is 1.58. The number of fused-ring (bicyclic) bond motifs is 2. The van der Waals surface area contributed by atoms with Gasteiger partial charge in [0, 0.05) is 11.6 Å². The first-order valence-electron chi connectivity index (χ1n) is 6.62. The Morgan fingerprint density at radius 1 is 1.42 bits per heavy atom. The number of thiazole rings is 1. The van der Waals surface area contributed by atoms with Crippen molar-refractivity contribution in [3.63, 3.8) is 0 Å². The maximum atomic E-state index is 10.8. The summed E-state index contributed by atoms with van der Waals surface area (Å²) in [6.07, 6.45) is 3.16. The van der Waals surface area contributed by atoms with Crippen molar-refractivity contribution in [2.45, 2.75) is 31.9 Å². The molecule has 2 heterocycles. The van der Waals surface area contributed by atoms with Gasteiger partial charge in [0.25, 0.3) is 0 Å². The Kier molecular flexibility index (Phi) is 2.26. The summed E-state index contributed by atoms with van der Waals surface area (Å²) in [6.45, 7) is 1.85. The molecule has 0 bridgehead atoms. The van der Waals surface area contributed by atoms with Crippen molar-refractivity contribution >= 4 is 32.4 Å². The molecule has 0 amide bonds. The van der Waals surface area contributed by atoms with Crippen LogP contribution in [0.2, 0.25) is 0 Å². The number of benzene rings is 1. The molecule has 1 N–H and O–H groups in total. The predicted octanol–water partition coefficient (Wildman–Crippen LogP) is 2.98. The van der Waals surface area contributed by atoms with Crippen LogP contribution in [0.4, 0.5) is 5.13 Å². The molecule has 2 atom stereocenters. The average molecular weight is 273 g/mol. The highest BCUT2D eigenvalue weighted by molar-refractivity contribution is 7.22. The molecule has 4 rings (SSSR count). The highest BCUT2D eigenvalue weighted by atomic mass is 32.1. The number of aromatic nitrogens is 1. The van der Waals surface area contributed by atoms with Gasteiger partial charge in [-0.25, -0.2) is 9.99 Å². The van der Waals surface area contributed by atoms with Gasteiger partial charge in [-0.05, 0) is 38.3 Å². The van der Waals surface area contributed by atoms with E-state index < -0.39 is 5.72 Å². The van der Waals surface area contributed by atoms with E-state index in [1.165, 1.54) is 0 Å². The van der Waals surface area contributed by atoms with Crippen molar-refractivity contribution in [2.24, 2.45) is 11.0 Å². The van der Waals surface area contributed by atoms with Gasteiger partial charge in [-0.15, -0.1) is 0 Å². The van der Waals surface area contributed by atoms with Crippen molar-refractivity contribution in [1.29, 1.82) is 0 Å². The van der Waals surface area contributed by atoms with Gasteiger partial charge in [-0.1, -0.05) is 23.5 Å². The van der Waals surface area contributed by atoms with E-state index in [0.717, 1.165) is 40.3 Å². The van der Waals surface area contributed by atoms with Gasteiger partial charge < -0.3 is 5.11 Å². The van der Waals surface area contributed by atoms with Crippen molar-refractivity contribution < 1.29 is 5.11 Å². The Balaban J connectivity index is 1.81. The number of rotatable bonds is 1. The molecular formula is C14H15N3OS. The zero-order valence-electron chi connectivity index (χ0n) is 10.7. The SMILES string of the molecule is C[C@]1(O)[C@@H]2CCCC2=NN1c1nc2ccccc2s1. The molecule has 2 aromatic rings. The second-order valence-corrected chi connectivity index (χ2v) is 6.42. The number of nitrogens with zero attached hydrogens (tertiary/aromatic N) is 3. The fourth-order valence-electron chi connectivity index (χ4n) is 3.10. The molecule has 0 spiro atoms. The van der Waals surface area contributed by atoms with E-state index in [1.807, 2.05) is 25.1 Å². The molecule has 19 heavy (non-hydrogen) atoms. The Hall–Kier alpha value is -1.46. The van der Waals surface area contributed by atoms with Gasteiger partial charge in [0.1, 0.15) is 0 Å².